The normalized spacial score (nSPS) is 19.3. The summed E-state index contributed by atoms with van der Waals surface area (Å²) in [6, 6.07) is 0.0837. The van der Waals surface area contributed by atoms with Crippen LogP contribution in [0.2, 0.25) is 0 Å². The number of carbonyl (C=O) groups is 1. The van der Waals surface area contributed by atoms with Crippen LogP contribution in [-0.4, -0.2) is 29.8 Å². The van der Waals surface area contributed by atoms with Gasteiger partial charge in [-0.3, -0.25) is 0 Å². The van der Waals surface area contributed by atoms with Gasteiger partial charge in [-0.25, -0.2) is 4.79 Å². The lowest BCUT2D eigenvalue weighted by Crippen LogP contribution is -2.46. The highest BCUT2D eigenvalue weighted by Crippen LogP contribution is 2.17. The average molecular weight is 200 g/mol. The van der Waals surface area contributed by atoms with Crippen LogP contribution in [0.5, 0.6) is 0 Å². The Morgan fingerprint density at radius 1 is 1.50 bits per heavy atom. The summed E-state index contributed by atoms with van der Waals surface area (Å²) >= 11 is 0. The molecule has 2 amide bonds. The van der Waals surface area contributed by atoms with Crippen molar-refractivity contribution in [3.05, 3.63) is 0 Å². The fraction of sp³-hybridized carbons (Fsp3) is 0.900. The monoisotopic (exact) mass is 200 g/mol. The quantitative estimate of drug-likeness (QED) is 0.634. The second kappa shape index (κ2) is 5.86. The summed E-state index contributed by atoms with van der Waals surface area (Å²) in [5, 5.41) is 14.6. The van der Waals surface area contributed by atoms with Crippen molar-refractivity contribution >= 4 is 6.03 Å². The molecule has 4 heteroatoms. The summed E-state index contributed by atoms with van der Waals surface area (Å²) in [4.78, 5) is 11.4. The minimum absolute atomic E-state index is 0.00852. The van der Waals surface area contributed by atoms with E-state index in [1.165, 1.54) is 12.8 Å². The van der Waals surface area contributed by atoms with Crippen LogP contribution in [0.25, 0.3) is 0 Å². The first-order valence-electron chi connectivity index (χ1n) is 5.44. The van der Waals surface area contributed by atoms with E-state index in [-0.39, 0.29) is 18.7 Å². The molecule has 0 spiro atoms. The van der Waals surface area contributed by atoms with Crippen LogP contribution in [0.3, 0.4) is 0 Å². The van der Waals surface area contributed by atoms with Crippen molar-refractivity contribution in [1.29, 1.82) is 0 Å². The van der Waals surface area contributed by atoms with Crippen LogP contribution in [0.1, 0.15) is 39.0 Å². The van der Waals surface area contributed by atoms with Crippen molar-refractivity contribution in [2.45, 2.75) is 51.1 Å². The number of aliphatic hydroxyl groups excluding tert-OH is 1. The molecule has 0 aromatic carbocycles. The van der Waals surface area contributed by atoms with Crippen molar-refractivity contribution < 1.29 is 9.90 Å². The van der Waals surface area contributed by atoms with E-state index in [2.05, 4.69) is 10.6 Å². The number of hydrogen-bond acceptors (Lipinski definition) is 2. The van der Waals surface area contributed by atoms with Crippen molar-refractivity contribution in [3.63, 3.8) is 0 Å². The zero-order valence-electron chi connectivity index (χ0n) is 8.75. The molecule has 4 nitrogen and oxygen atoms in total. The molecule has 1 aliphatic rings. The molecule has 0 aromatic rings. The highest BCUT2D eigenvalue weighted by atomic mass is 16.3. The van der Waals surface area contributed by atoms with Gasteiger partial charge in [-0.15, -0.1) is 0 Å². The van der Waals surface area contributed by atoms with E-state index < -0.39 is 0 Å². The summed E-state index contributed by atoms with van der Waals surface area (Å²) in [5.41, 5.74) is 0. The van der Waals surface area contributed by atoms with E-state index >= 15 is 0 Å². The maximum absolute atomic E-state index is 11.4. The molecule has 82 valence electrons. The van der Waals surface area contributed by atoms with E-state index in [0.29, 0.717) is 6.04 Å². The third kappa shape index (κ3) is 3.54. The minimum atomic E-state index is -0.141. The topological polar surface area (TPSA) is 61.4 Å². The molecule has 1 aliphatic carbocycles. The smallest absolute Gasteiger partial charge is 0.315 e. The number of carbonyl (C=O) groups excluding carboxylic acids is 1. The number of rotatable bonds is 4. The summed E-state index contributed by atoms with van der Waals surface area (Å²) in [6.45, 7) is 1.95. The van der Waals surface area contributed by atoms with Gasteiger partial charge in [0.2, 0.25) is 0 Å². The van der Waals surface area contributed by atoms with Crippen LogP contribution >= 0.6 is 0 Å². The molecule has 1 rings (SSSR count). The largest absolute Gasteiger partial charge is 0.394 e. The van der Waals surface area contributed by atoms with Gasteiger partial charge in [0.1, 0.15) is 0 Å². The molecule has 1 atom stereocenters. The SMILES string of the molecule is CC[C@H](CO)NC(=O)NC1CCCC1. The molecular formula is C10H20N2O2. The number of urea groups is 1. The van der Waals surface area contributed by atoms with E-state index in [0.717, 1.165) is 19.3 Å². The number of amides is 2. The Kier molecular flexibility index (Phi) is 4.73. The molecule has 0 heterocycles. The summed E-state index contributed by atoms with van der Waals surface area (Å²) in [6.07, 6.45) is 5.35. The van der Waals surface area contributed by atoms with Crippen LogP contribution in [0.15, 0.2) is 0 Å². The van der Waals surface area contributed by atoms with Gasteiger partial charge in [-0.1, -0.05) is 19.8 Å². The molecule has 14 heavy (non-hydrogen) atoms. The summed E-state index contributed by atoms with van der Waals surface area (Å²) < 4.78 is 0. The molecule has 1 fully saturated rings. The van der Waals surface area contributed by atoms with Crippen molar-refractivity contribution in [3.8, 4) is 0 Å². The zero-order valence-corrected chi connectivity index (χ0v) is 8.75. The van der Waals surface area contributed by atoms with Crippen LogP contribution in [-0.2, 0) is 0 Å². The highest BCUT2D eigenvalue weighted by molar-refractivity contribution is 5.74. The lowest BCUT2D eigenvalue weighted by atomic mass is 10.2. The van der Waals surface area contributed by atoms with Crippen molar-refractivity contribution in [2.24, 2.45) is 0 Å². The first-order chi connectivity index (χ1) is 6.76. The molecule has 0 unspecified atom stereocenters. The average Bonchev–Trinajstić information content (AvgIpc) is 2.66. The van der Waals surface area contributed by atoms with Gasteiger partial charge in [0.25, 0.3) is 0 Å². The van der Waals surface area contributed by atoms with Gasteiger partial charge in [-0.05, 0) is 19.3 Å². The Hall–Kier alpha value is -0.770. The summed E-state index contributed by atoms with van der Waals surface area (Å²) in [5.74, 6) is 0. The first-order valence-corrected chi connectivity index (χ1v) is 5.44. The predicted octanol–water partition coefficient (Wildman–Crippen LogP) is 0.999. The third-order valence-corrected chi connectivity index (χ3v) is 2.74. The molecule has 0 aliphatic heterocycles. The van der Waals surface area contributed by atoms with E-state index in [4.69, 9.17) is 5.11 Å². The predicted molar refractivity (Wildman–Crippen MR) is 55.1 cm³/mol. The van der Waals surface area contributed by atoms with E-state index in [1.54, 1.807) is 0 Å². The van der Waals surface area contributed by atoms with E-state index in [1.807, 2.05) is 6.92 Å². The molecule has 1 saturated carbocycles. The Morgan fingerprint density at radius 2 is 2.14 bits per heavy atom. The Bertz CT molecular complexity index is 169. The lowest BCUT2D eigenvalue weighted by molar-refractivity contribution is 0.212. The van der Waals surface area contributed by atoms with Crippen molar-refractivity contribution in [1.82, 2.24) is 10.6 Å². The second-order valence-electron chi connectivity index (χ2n) is 3.89. The van der Waals surface area contributed by atoms with Gasteiger partial charge in [0.15, 0.2) is 0 Å². The Labute approximate surface area is 85.1 Å². The van der Waals surface area contributed by atoms with Gasteiger partial charge >= 0.3 is 6.03 Å². The highest BCUT2D eigenvalue weighted by Gasteiger charge is 2.17. The lowest BCUT2D eigenvalue weighted by Gasteiger charge is -2.17. The minimum Gasteiger partial charge on any atom is -0.394 e. The zero-order chi connectivity index (χ0) is 10.4. The van der Waals surface area contributed by atoms with Crippen LogP contribution < -0.4 is 10.6 Å². The summed E-state index contributed by atoms with van der Waals surface area (Å²) in [7, 11) is 0. The van der Waals surface area contributed by atoms with Gasteiger partial charge in [0.05, 0.1) is 12.6 Å². The fourth-order valence-electron chi connectivity index (χ4n) is 1.76. The number of aliphatic hydroxyl groups is 1. The molecular weight excluding hydrogens is 180 g/mol. The van der Waals surface area contributed by atoms with Crippen LogP contribution in [0.4, 0.5) is 4.79 Å². The molecule has 0 aromatic heterocycles. The standard InChI is InChI=1S/C10H20N2O2/c1-2-8(7-13)11-10(14)12-9-5-3-4-6-9/h8-9,13H,2-7H2,1H3,(H2,11,12,14)/t8-/m1/s1. The molecule has 0 radical (unpaired) electrons. The Balaban J connectivity index is 2.20. The molecule has 0 saturated heterocycles. The van der Waals surface area contributed by atoms with Crippen LogP contribution in [0, 0.1) is 0 Å². The molecule has 3 N–H and O–H groups in total. The van der Waals surface area contributed by atoms with Gasteiger partial charge in [-0.2, -0.15) is 0 Å². The number of hydrogen-bond donors (Lipinski definition) is 3. The first kappa shape index (κ1) is 11.3. The third-order valence-electron chi connectivity index (χ3n) is 2.74. The van der Waals surface area contributed by atoms with Gasteiger partial charge in [0, 0.05) is 6.04 Å². The van der Waals surface area contributed by atoms with Crippen molar-refractivity contribution in [2.75, 3.05) is 6.61 Å². The fourth-order valence-corrected chi connectivity index (χ4v) is 1.76. The maximum Gasteiger partial charge on any atom is 0.315 e. The Morgan fingerprint density at radius 3 is 2.64 bits per heavy atom. The number of nitrogens with one attached hydrogen (secondary N) is 2. The molecule has 0 bridgehead atoms. The van der Waals surface area contributed by atoms with Gasteiger partial charge < -0.3 is 15.7 Å². The van der Waals surface area contributed by atoms with E-state index in [9.17, 15) is 4.79 Å². The second-order valence-corrected chi connectivity index (χ2v) is 3.89. The maximum atomic E-state index is 11.4.